The molecule has 4 rings (SSSR count). The summed E-state index contributed by atoms with van der Waals surface area (Å²) in [5.41, 5.74) is 2.26. The smallest absolute Gasteiger partial charge is 0.331 e. The lowest BCUT2D eigenvalue weighted by atomic mass is 10.3. The van der Waals surface area contributed by atoms with Crippen molar-refractivity contribution < 1.29 is 5.11 Å². The van der Waals surface area contributed by atoms with Crippen molar-refractivity contribution in [3.05, 3.63) is 53.1 Å². The van der Waals surface area contributed by atoms with Crippen LogP contribution in [-0.4, -0.2) is 63.9 Å². The third kappa shape index (κ3) is 3.04. The van der Waals surface area contributed by atoms with Gasteiger partial charge < -0.3 is 15.0 Å². The number of aromatic amines is 1. The Morgan fingerprint density at radius 2 is 1.88 bits per heavy atom. The second-order valence-corrected chi connectivity index (χ2v) is 6.21. The number of nitrogens with one attached hydrogen (secondary N) is 1. The predicted octanol–water partition coefficient (Wildman–Crippen LogP) is 0.828. The van der Waals surface area contributed by atoms with Gasteiger partial charge in [0.1, 0.15) is 5.82 Å². The van der Waals surface area contributed by atoms with Crippen molar-refractivity contribution in [3.8, 4) is 5.69 Å². The van der Waals surface area contributed by atoms with Crippen molar-refractivity contribution in [1.29, 1.82) is 0 Å². The van der Waals surface area contributed by atoms with Gasteiger partial charge in [0.05, 0.1) is 29.5 Å². The van der Waals surface area contributed by atoms with Crippen LogP contribution in [0, 0.1) is 0 Å². The number of hydrogen-bond donors (Lipinski definition) is 2. The minimum Gasteiger partial charge on any atom is -0.395 e. The normalized spacial score (nSPS) is 15.8. The maximum Gasteiger partial charge on any atom is 0.331 e. The number of benzene rings is 1. The molecule has 2 N–H and O–H groups in total. The zero-order valence-corrected chi connectivity index (χ0v) is 13.9. The first-order chi connectivity index (χ1) is 12.3. The molecule has 1 aliphatic rings. The highest BCUT2D eigenvalue weighted by Crippen LogP contribution is 2.18. The van der Waals surface area contributed by atoms with Crippen LogP contribution in [0.2, 0.25) is 0 Å². The van der Waals surface area contributed by atoms with Crippen LogP contribution in [0.15, 0.2) is 47.4 Å². The molecule has 1 saturated heterocycles. The minimum absolute atomic E-state index is 0.159. The number of aliphatic hydroxyl groups excluding tert-OH is 1. The first kappa shape index (κ1) is 15.9. The van der Waals surface area contributed by atoms with Gasteiger partial charge in [-0.25, -0.2) is 9.78 Å². The molecule has 3 heterocycles. The Labute approximate surface area is 145 Å². The molecule has 1 aliphatic heterocycles. The van der Waals surface area contributed by atoms with Crippen LogP contribution >= 0.6 is 0 Å². The van der Waals surface area contributed by atoms with E-state index in [-0.39, 0.29) is 12.3 Å². The number of hydrogen-bond acceptors (Lipinski definition) is 5. The molecule has 25 heavy (non-hydrogen) atoms. The lowest BCUT2D eigenvalue weighted by molar-refractivity contribution is 0.188. The van der Waals surface area contributed by atoms with Crippen LogP contribution in [0.5, 0.6) is 0 Å². The molecule has 3 aromatic rings. The molecule has 1 aromatic carbocycles. The number of rotatable bonds is 4. The Morgan fingerprint density at radius 1 is 1.08 bits per heavy atom. The number of imidazole rings is 1. The van der Waals surface area contributed by atoms with Gasteiger partial charge in [0.25, 0.3) is 0 Å². The number of β-amino-alcohol motifs (C(OH)–C–C–N with tert-alkyl or cyclic N) is 1. The van der Waals surface area contributed by atoms with E-state index in [1.165, 1.54) is 0 Å². The lowest BCUT2D eigenvalue weighted by Crippen LogP contribution is -2.47. The van der Waals surface area contributed by atoms with Crippen LogP contribution in [0.25, 0.3) is 16.7 Å². The summed E-state index contributed by atoms with van der Waals surface area (Å²) in [7, 11) is 0. The van der Waals surface area contributed by atoms with E-state index in [2.05, 4.69) is 19.8 Å². The van der Waals surface area contributed by atoms with Gasteiger partial charge in [-0.2, -0.15) is 0 Å². The van der Waals surface area contributed by atoms with Crippen LogP contribution in [0.1, 0.15) is 0 Å². The van der Waals surface area contributed by atoms with Crippen molar-refractivity contribution in [1.82, 2.24) is 19.4 Å². The number of aliphatic hydroxyl groups is 1. The van der Waals surface area contributed by atoms with E-state index >= 15 is 0 Å². The molecule has 130 valence electrons. The second-order valence-electron chi connectivity index (χ2n) is 6.21. The Kier molecular flexibility index (Phi) is 4.25. The summed E-state index contributed by atoms with van der Waals surface area (Å²) in [4.78, 5) is 24.2. The molecule has 2 aromatic heterocycles. The molecule has 0 aliphatic carbocycles. The minimum atomic E-state index is -0.159. The zero-order valence-electron chi connectivity index (χ0n) is 13.9. The fourth-order valence-electron chi connectivity index (χ4n) is 3.35. The number of fused-ring (bicyclic) bond motifs is 1. The molecular weight excluding hydrogens is 318 g/mol. The molecule has 0 spiro atoms. The van der Waals surface area contributed by atoms with E-state index in [1.54, 1.807) is 10.8 Å². The van der Waals surface area contributed by atoms with Crippen molar-refractivity contribution >= 4 is 16.9 Å². The fraction of sp³-hybridized carbons (Fsp3) is 0.333. The lowest BCUT2D eigenvalue weighted by Gasteiger charge is -2.35. The van der Waals surface area contributed by atoms with Gasteiger partial charge in [-0.3, -0.25) is 9.47 Å². The molecule has 0 radical (unpaired) electrons. The third-order valence-corrected chi connectivity index (χ3v) is 4.69. The number of nitrogens with zero attached hydrogens (tertiary/aromatic N) is 4. The van der Waals surface area contributed by atoms with E-state index in [0.717, 1.165) is 55.3 Å². The maximum atomic E-state index is 12.3. The van der Waals surface area contributed by atoms with Gasteiger partial charge in [0.15, 0.2) is 0 Å². The van der Waals surface area contributed by atoms with Gasteiger partial charge in [-0.1, -0.05) is 12.1 Å². The van der Waals surface area contributed by atoms with Crippen molar-refractivity contribution in [3.63, 3.8) is 0 Å². The van der Waals surface area contributed by atoms with Crippen LogP contribution in [0.4, 0.5) is 5.82 Å². The monoisotopic (exact) mass is 339 g/mol. The first-order valence-electron chi connectivity index (χ1n) is 8.50. The van der Waals surface area contributed by atoms with Crippen LogP contribution < -0.4 is 10.6 Å². The molecule has 0 unspecified atom stereocenters. The molecule has 0 saturated carbocycles. The van der Waals surface area contributed by atoms with Crippen LogP contribution in [-0.2, 0) is 0 Å². The predicted molar refractivity (Wildman–Crippen MR) is 97.4 cm³/mol. The quantitative estimate of drug-likeness (QED) is 0.736. The fourth-order valence-corrected chi connectivity index (χ4v) is 3.35. The molecule has 0 atom stereocenters. The van der Waals surface area contributed by atoms with Crippen molar-refractivity contribution in [2.45, 2.75) is 0 Å². The summed E-state index contributed by atoms with van der Waals surface area (Å²) in [6, 6.07) is 11.5. The number of pyridine rings is 1. The number of H-pyrrole nitrogens is 1. The molecule has 7 heteroatoms. The van der Waals surface area contributed by atoms with Gasteiger partial charge in [-0.05, 0) is 24.3 Å². The Balaban J connectivity index is 1.56. The van der Waals surface area contributed by atoms with Crippen LogP contribution in [0.3, 0.4) is 0 Å². The Morgan fingerprint density at radius 3 is 2.60 bits per heavy atom. The summed E-state index contributed by atoms with van der Waals surface area (Å²) in [6.45, 7) is 4.55. The SMILES string of the molecule is O=c1[nH]c2ccccc2n1-c1ccc(N2CCN(CCO)CC2)nc1. The standard InChI is InChI=1S/C18H21N5O2/c24-12-11-21-7-9-22(10-8-21)17-6-5-14(13-19-17)23-16-4-2-1-3-15(16)20-18(23)25/h1-6,13,24H,7-12H2,(H,20,25). The van der Waals surface area contributed by atoms with E-state index in [0.29, 0.717) is 0 Å². The summed E-state index contributed by atoms with van der Waals surface area (Å²) in [5, 5.41) is 9.02. The summed E-state index contributed by atoms with van der Waals surface area (Å²) in [5.74, 6) is 0.917. The topological polar surface area (TPSA) is 77.4 Å². The highest BCUT2D eigenvalue weighted by Gasteiger charge is 2.17. The van der Waals surface area contributed by atoms with Gasteiger partial charge in [-0.15, -0.1) is 0 Å². The number of piperazine rings is 1. The van der Waals surface area contributed by atoms with E-state index in [9.17, 15) is 4.79 Å². The molecular formula is C18H21N5O2. The maximum absolute atomic E-state index is 12.3. The highest BCUT2D eigenvalue weighted by molar-refractivity contribution is 5.77. The van der Waals surface area contributed by atoms with Gasteiger partial charge in [0.2, 0.25) is 0 Å². The van der Waals surface area contributed by atoms with Crippen molar-refractivity contribution in [2.24, 2.45) is 0 Å². The van der Waals surface area contributed by atoms with E-state index < -0.39 is 0 Å². The zero-order chi connectivity index (χ0) is 17.2. The Bertz CT molecular complexity index is 907. The summed E-state index contributed by atoms with van der Waals surface area (Å²) >= 11 is 0. The second kappa shape index (κ2) is 6.70. The number of para-hydroxylation sites is 2. The average Bonchev–Trinajstić information content (AvgIpc) is 2.98. The average molecular weight is 339 g/mol. The summed E-state index contributed by atoms with van der Waals surface area (Å²) < 4.78 is 1.64. The van der Waals surface area contributed by atoms with Gasteiger partial charge >= 0.3 is 5.69 Å². The molecule has 0 bridgehead atoms. The summed E-state index contributed by atoms with van der Waals surface area (Å²) in [6.07, 6.45) is 1.75. The Hall–Kier alpha value is -2.64. The third-order valence-electron chi connectivity index (χ3n) is 4.69. The van der Waals surface area contributed by atoms with Crippen molar-refractivity contribution in [2.75, 3.05) is 44.2 Å². The largest absolute Gasteiger partial charge is 0.395 e. The van der Waals surface area contributed by atoms with Gasteiger partial charge in [0, 0.05) is 32.7 Å². The first-order valence-corrected chi connectivity index (χ1v) is 8.50. The molecule has 1 fully saturated rings. The number of aromatic nitrogens is 3. The van der Waals surface area contributed by atoms with E-state index in [4.69, 9.17) is 5.11 Å². The molecule has 0 amide bonds. The van der Waals surface area contributed by atoms with E-state index in [1.807, 2.05) is 36.4 Å². The highest BCUT2D eigenvalue weighted by atomic mass is 16.3. The number of anilines is 1. The molecule has 7 nitrogen and oxygen atoms in total.